The molecule has 1 unspecified atom stereocenters. The van der Waals surface area contributed by atoms with E-state index in [1.165, 1.54) is 29.8 Å². The van der Waals surface area contributed by atoms with Gasteiger partial charge in [-0.3, -0.25) is 4.98 Å². The van der Waals surface area contributed by atoms with Gasteiger partial charge in [-0.2, -0.15) is 0 Å². The van der Waals surface area contributed by atoms with Crippen LogP contribution in [-0.4, -0.2) is 22.0 Å². The highest BCUT2D eigenvalue weighted by atomic mass is 35.5. The van der Waals surface area contributed by atoms with Gasteiger partial charge < -0.3 is 9.84 Å². The van der Waals surface area contributed by atoms with Gasteiger partial charge in [-0.05, 0) is 23.6 Å². The van der Waals surface area contributed by atoms with Gasteiger partial charge in [-0.25, -0.2) is 9.59 Å². The Bertz CT molecular complexity index is 544. The van der Waals surface area contributed by atoms with Crippen molar-refractivity contribution in [2.24, 2.45) is 0 Å². The maximum absolute atomic E-state index is 11.7. The van der Waals surface area contributed by atoms with Gasteiger partial charge >= 0.3 is 11.9 Å². The second-order valence-electron chi connectivity index (χ2n) is 3.38. The van der Waals surface area contributed by atoms with E-state index in [0.717, 1.165) is 0 Å². The van der Waals surface area contributed by atoms with Gasteiger partial charge in [0.05, 0.1) is 10.4 Å². The summed E-state index contributed by atoms with van der Waals surface area (Å²) in [6.07, 6.45) is 1.57. The minimum absolute atomic E-state index is 0. The Morgan fingerprint density at radius 1 is 1.32 bits per heavy atom. The summed E-state index contributed by atoms with van der Waals surface area (Å²) >= 11 is 1.22. The number of ether oxygens (including phenoxy) is 1. The van der Waals surface area contributed by atoms with E-state index in [9.17, 15) is 9.59 Å². The Morgan fingerprint density at radius 3 is 2.63 bits per heavy atom. The van der Waals surface area contributed by atoms with Crippen LogP contribution in [0, 0.1) is 0 Å². The number of aromatic nitrogens is 1. The standard InChI is InChI=1S/C12H9NO4S.ClH/c14-11(15)10(9-4-2-6-18-9)17-12(16)8-3-1-5-13-7-8;/h1-7,10H,(H,14,15);1H. The Labute approximate surface area is 119 Å². The van der Waals surface area contributed by atoms with Crippen molar-refractivity contribution < 1.29 is 19.4 Å². The molecule has 0 fully saturated rings. The van der Waals surface area contributed by atoms with E-state index in [4.69, 9.17) is 9.84 Å². The lowest BCUT2D eigenvalue weighted by atomic mass is 10.2. The fraction of sp³-hybridized carbons (Fsp3) is 0.0833. The SMILES string of the molecule is Cl.O=C(OC(C(=O)O)c1cccs1)c1cccnc1. The molecule has 1 atom stereocenters. The number of nitrogens with zero attached hydrogens (tertiary/aromatic N) is 1. The van der Waals surface area contributed by atoms with Crippen molar-refractivity contribution in [1.82, 2.24) is 4.98 Å². The summed E-state index contributed by atoms with van der Waals surface area (Å²) < 4.78 is 4.97. The molecule has 100 valence electrons. The number of esters is 1. The van der Waals surface area contributed by atoms with Crippen LogP contribution in [0.4, 0.5) is 0 Å². The minimum atomic E-state index is -1.28. The Kier molecular flexibility index (Phi) is 5.47. The van der Waals surface area contributed by atoms with E-state index in [-0.39, 0.29) is 18.0 Å². The van der Waals surface area contributed by atoms with Gasteiger partial charge in [0.15, 0.2) is 0 Å². The normalized spacial score (nSPS) is 11.2. The Morgan fingerprint density at radius 2 is 2.11 bits per heavy atom. The fourth-order valence-corrected chi connectivity index (χ4v) is 2.07. The first-order valence-corrected chi connectivity index (χ1v) is 5.93. The van der Waals surface area contributed by atoms with Crippen molar-refractivity contribution in [3.8, 4) is 0 Å². The molecule has 7 heteroatoms. The smallest absolute Gasteiger partial charge is 0.350 e. The van der Waals surface area contributed by atoms with E-state index in [0.29, 0.717) is 4.88 Å². The van der Waals surface area contributed by atoms with Crippen LogP contribution < -0.4 is 0 Å². The molecule has 0 aliphatic heterocycles. The summed E-state index contributed by atoms with van der Waals surface area (Å²) in [6, 6.07) is 6.41. The van der Waals surface area contributed by atoms with E-state index in [2.05, 4.69) is 4.98 Å². The molecule has 2 rings (SSSR count). The van der Waals surface area contributed by atoms with Gasteiger partial charge in [0.1, 0.15) is 0 Å². The van der Waals surface area contributed by atoms with Crippen LogP contribution in [0.25, 0.3) is 0 Å². The van der Waals surface area contributed by atoms with Crippen LogP contribution in [0.3, 0.4) is 0 Å². The lowest BCUT2D eigenvalue weighted by Gasteiger charge is -2.11. The number of carbonyl (C=O) groups excluding carboxylic acids is 1. The molecule has 0 amide bonds. The monoisotopic (exact) mass is 299 g/mol. The predicted molar refractivity (Wildman–Crippen MR) is 71.6 cm³/mol. The molecule has 0 saturated heterocycles. The number of pyridine rings is 1. The quantitative estimate of drug-likeness (QED) is 0.878. The molecule has 0 radical (unpaired) electrons. The van der Waals surface area contributed by atoms with Crippen LogP contribution in [0.1, 0.15) is 21.3 Å². The summed E-state index contributed by atoms with van der Waals surface area (Å²) in [6.45, 7) is 0. The number of carbonyl (C=O) groups is 2. The zero-order valence-corrected chi connectivity index (χ0v) is 11.2. The third-order valence-electron chi connectivity index (χ3n) is 2.15. The van der Waals surface area contributed by atoms with Crippen LogP contribution in [0.5, 0.6) is 0 Å². The summed E-state index contributed by atoms with van der Waals surface area (Å²) in [5.41, 5.74) is 0.223. The lowest BCUT2D eigenvalue weighted by Crippen LogP contribution is -2.18. The molecule has 1 N–H and O–H groups in total. The molecule has 2 heterocycles. The highest BCUT2D eigenvalue weighted by Gasteiger charge is 2.25. The summed E-state index contributed by atoms with van der Waals surface area (Å²) in [5.74, 6) is -1.90. The van der Waals surface area contributed by atoms with E-state index >= 15 is 0 Å². The average Bonchev–Trinajstić information content (AvgIpc) is 2.90. The lowest BCUT2D eigenvalue weighted by molar-refractivity contribution is -0.147. The number of carboxylic acids is 1. The van der Waals surface area contributed by atoms with Crippen molar-refractivity contribution in [3.05, 3.63) is 52.5 Å². The number of rotatable bonds is 4. The molecule has 5 nitrogen and oxygen atoms in total. The van der Waals surface area contributed by atoms with Gasteiger partial charge in [0, 0.05) is 12.4 Å². The largest absolute Gasteiger partial charge is 0.478 e. The number of carboxylic acid groups (broad SMARTS) is 1. The number of halogens is 1. The maximum atomic E-state index is 11.7. The Hall–Kier alpha value is -1.92. The van der Waals surface area contributed by atoms with Gasteiger partial charge in [-0.1, -0.05) is 6.07 Å². The van der Waals surface area contributed by atoms with Crippen molar-refractivity contribution in [1.29, 1.82) is 0 Å². The first-order chi connectivity index (χ1) is 8.68. The highest BCUT2D eigenvalue weighted by Crippen LogP contribution is 2.23. The summed E-state index contributed by atoms with van der Waals surface area (Å²) in [5, 5.41) is 10.8. The van der Waals surface area contributed by atoms with Crippen LogP contribution in [-0.2, 0) is 9.53 Å². The molecule has 19 heavy (non-hydrogen) atoms. The maximum Gasteiger partial charge on any atom is 0.350 e. The second-order valence-corrected chi connectivity index (χ2v) is 4.36. The highest BCUT2D eigenvalue weighted by molar-refractivity contribution is 7.10. The van der Waals surface area contributed by atoms with Gasteiger partial charge in [0.2, 0.25) is 6.10 Å². The molecule has 0 aliphatic carbocycles. The minimum Gasteiger partial charge on any atom is -0.478 e. The first kappa shape index (κ1) is 15.1. The van der Waals surface area contributed by atoms with Crippen molar-refractivity contribution >= 4 is 35.7 Å². The van der Waals surface area contributed by atoms with Crippen molar-refractivity contribution in [2.45, 2.75) is 6.10 Å². The second kappa shape index (κ2) is 6.86. The zero-order valence-electron chi connectivity index (χ0n) is 9.55. The number of thiophene rings is 1. The molecule has 2 aromatic heterocycles. The topological polar surface area (TPSA) is 76.5 Å². The first-order valence-electron chi connectivity index (χ1n) is 5.05. The van der Waals surface area contributed by atoms with Crippen molar-refractivity contribution in [3.63, 3.8) is 0 Å². The van der Waals surface area contributed by atoms with Crippen molar-refractivity contribution in [2.75, 3.05) is 0 Å². The molecule has 0 aliphatic rings. The molecule has 2 aromatic rings. The zero-order chi connectivity index (χ0) is 13.0. The Balaban J connectivity index is 0.00000180. The molecular formula is C12H10ClNO4S. The average molecular weight is 300 g/mol. The van der Waals surface area contributed by atoms with Crippen LogP contribution in [0.2, 0.25) is 0 Å². The van der Waals surface area contributed by atoms with E-state index in [1.807, 2.05) is 0 Å². The third kappa shape index (κ3) is 3.77. The molecule has 0 aromatic carbocycles. The number of hydrogen-bond donors (Lipinski definition) is 1. The van der Waals surface area contributed by atoms with Crippen LogP contribution in [0.15, 0.2) is 42.0 Å². The van der Waals surface area contributed by atoms with Gasteiger partial charge in [0.25, 0.3) is 0 Å². The molecule has 0 saturated carbocycles. The fourth-order valence-electron chi connectivity index (χ4n) is 1.33. The predicted octanol–water partition coefficient (Wildman–Crippen LogP) is 2.55. The number of hydrogen-bond acceptors (Lipinski definition) is 5. The summed E-state index contributed by atoms with van der Waals surface area (Å²) in [4.78, 5) is 27.1. The molecule has 0 bridgehead atoms. The van der Waals surface area contributed by atoms with Gasteiger partial charge in [-0.15, -0.1) is 23.7 Å². The number of aliphatic carboxylic acids is 1. The van der Waals surface area contributed by atoms with Crippen LogP contribution >= 0.6 is 23.7 Å². The molecular weight excluding hydrogens is 290 g/mol. The summed E-state index contributed by atoms with van der Waals surface area (Å²) in [7, 11) is 0. The van der Waals surface area contributed by atoms with E-state index < -0.39 is 18.0 Å². The molecule has 0 spiro atoms. The van der Waals surface area contributed by atoms with E-state index in [1.54, 1.807) is 23.6 Å². The third-order valence-corrected chi connectivity index (χ3v) is 3.06.